The molecule has 6 rings (SSSR count). The number of rotatable bonds is 4. The molecule has 1 aromatic carbocycles. The molecule has 26 heavy (non-hydrogen) atoms. The van der Waals surface area contributed by atoms with Crippen molar-refractivity contribution in [2.75, 3.05) is 25.0 Å². The number of hydrogen-bond acceptors (Lipinski definition) is 7. The molecule has 5 heterocycles. The minimum Gasteiger partial charge on any atom is -0.346 e. The molecule has 6 nitrogen and oxygen atoms in total. The van der Waals surface area contributed by atoms with Gasteiger partial charge in [-0.2, -0.15) is 4.37 Å². The maximum atomic E-state index is 12.8. The summed E-state index contributed by atoms with van der Waals surface area (Å²) >= 11 is 2.92. The molecular formula is C18H19N5OS2. The Morgan fingerprint density at radius 3 is 2.88 bits per heavy atom. The number of amides is 1. The van der Waals surface area contributed by atoms with Crippen molar-refractivity contribution in [1.29, 1.82) is 0 Å². The highest BCUT2D eigenvalue weighted by Crippen LogP contribution is 2.30. The number of hydrogen-bond donors (Lipinski definition) is 2. The van der Waals surface area contributed by atoms with Gasteiger partial charge >= 0.3 is 0 Å². The quantitative estimate of drug-likeness (QED) is 0.721. The Bertz CT molecular complexity index is 930. The lowest BCUT2D eigenvalue weighted by atomic mass is 9.84. The van der Waals surface area contributed by atoms with Gasteiger partial charge in [-0.3, -0.25) is 4.79 Å². The van der Waals surface area contributed by atoms with E-state index in [1.54, 1.807) is 17.5 Å². The van der Waals surface area contributed by atoms with Crippen molar-refractivity contribution in [2.24, 2.45) is 5.92 Å². The summed E-state index contributed by atoms with van der Waals surface area (Å²) in [7, 11) is 0. The molecule has 3 saturated heterocycles. The van der Waals surface area contributed by atoms with Crippen LogP contribution in [0.2, 0.25) is 0 Å². The van der Waals surface area contributed by atoms with Crippen molar-refractivity contribution in [2.45, 2.75) is 18.9 Å². The first-order valence-corrected chi connectivity index (χ1v) is 10.5. The van der Waals surface area contributed by atoms with Crippen molar-refractivity contribution in [3.05, 3.63) is 35.5 Å². The maximum absolute atomic E-state index is 12.8. The van der Waals surface area contributed by atoms with Crippen molar-refractivity contribution in [1.82, 2.24) is 19.6 Å². The molecule has 0 saturated carbocycles. The average molecular weight is 386 g/mol. The highest BCUT2D eigenvalue weighted by Gasteiger charge is 2.35. The van der Waals surface area contributed by atoms with Gasteiger partial charge in [0, 0.05) is 35.2 Å². The number of anilines is 2. The van der Waals surface area contributed by atoms with Gasteiger partial charge in [0.15, 0.2) is 5.13 Å². The van der Waals surface area contributed by atoms with E-state index in [-0.39, 0.29) is 11.9 Å². The molecule has 2 N–H and O–H groups in total. The maximum Gasteiger partial charge on any atom is 0.271 e. The van der Waals surface area contributed by atoms with Crippen LogP contribution in [-0.4, -0.2) is 45.8 Å². The predicted octanol–water partition coefficient (Wildman–Crippen LogP) is 3.32. The van der Waals surface area contributed by atoms with Crippen molar-refractivity contribution in [3.63, 3.8) is 0 Å². The van der Waals surface area contributed by atoms with Gasteiger partial charge in [0.25, 0.3) is 5.91 Å². The first kappa shape index (κ1) is 16.2. The Balaban J connectivity index is 1.34. The van der Waals surface area contributed by atoms with Crippen LogP contribution in [0.25, 0.3) is 10.1 Å². The van der Waals surface area contributed by atoms with Crippen molar-refractivity contribution < 1.29 is 4.79 Å². The van der Waals surface area contributed by atoms with E-state index in [0.29, 0.717) is 11.6 Å². The van der Waals surface area contributed by atoms with E-state index >= 15 is 0 Å². The molecule has 0 unspecified atom stereocenters. The smallest absolute Gasteiger partial charge is 0.271 e. The van der Waals surface area contributed by atoms with Crippen LogP contribution in [0.3, 0.4) is 0 Å². The number of piperidine rings is 3. The first-order valence-electron chi connectivity index (χ1n) is 8.85. The number of thiazole rings is 1. The fraction of sp³-hybridized carbons (Fsp3) is 0.389. The third kappa shape index (κ3) is 2.98. The number of benzene rings is 1. The van der Waals surface area contributed by atoms with E-state index in [4.69, 9.17) is 0 Å². The Labute approximate surface area is 159 Å². The van der Waals surface area contributed by atoms with Crippen molar-refractivity contribution >= 4 is 49.7 Å². The Morgan fingerprint density at radius 2 is 2.15 bits per heavy atom. The molecule has 1 amide bonds. The molecule has 3 fully saturated rings. The molecular weight excluding hydrogens is 366 g/mol. The summed E-state index contributed by atoms with van der Waals surface area (Å²) in [4.78, 5) is 19.5. The molecule has 2 bridgehead atoms. The standard InChI is InChI=1S/C18H19N5OS2/c24-17(21-14-10-23-6-3-11(14)4-7-23)16-13-2-1-12(9-15(13)26-22-16)20-18-19-5-8-25-18/h1-2,5,8-9,11,14H,3-4,6-7,10H2,(H,19,20)(H,21,24)/t14-/m1/s1. The highest BCUT2D eigenvalue weighted by molar-refractivity contribution is 7.14. The van der Waals surface area contributed by atoms with E-state index in [9.17, 15) is 4.79 Å². The van der Waals surface area contributed by atoms with E-state index in [0.717, 1.165) is 27.4 Å². The van der Waals surface area contributed by atoms with Crippen LogP contribution in [0.5, 0.6) is 0 Å². The van der Waals surface area contributed by atoms with E-state index in [1.807, 2.05) is 23.6 Å². The van der Waals surface area contributed by atoms with Crippen LogP contribution >= 0.6 is 22.9 Å². The monoisotopic (exact) mass is 385 g/mol. The van der Waals surface area contributed by atoms with Gasteiger partial charge in [0.1, 0.15) is 5.69 Å². The van der Waals surface area contributed by atoms with E-state index in [1.165, 1.54) is 37.5 Å². The third-order valence-corrected chi connectivity index (χ3v) is 6.84. The van der Waals surface area contributed by atoms with Crippen LogP contribution in [0.15, 0.2) is 29.8 Å². The summed E-state index contributed by atoms with van der Waals surface area (Å²) in [6.45, 7) is 3.32. The molecule has 0 aliphatic carbocycles. The Kier molecular flexibility index (Phi) is 4.11. The fourth-order valence-corrected chi connectivity index (χ4v) is 5.32. The Hall–Kier alpha value is -2.03. The summed E-state index contributed by atoms with van der Waals surface area (Å²) in [5.41, 5.74) is 1.50. The first-order chi connectivity index (χ1) is 12.8. The average Bonchev–Trinajstić information content (AvgIpc) is 3.32. The summed E-state index contributed by atoms with van der Waals surface area (Å²) in [5.74, 6) is 0.568. The summed E-state index contributed by atoms with van der Waals surface area (Å²) in [6.07, 6.45) is 4.15. The number of aromatic nitrogens is 2. The molecule has 3 aliphatic heterocycles. The number of fused-ring (bicyclic) bond motifs is 4. The second-order valence-corrected chi connectivity index (χ2v) is 8.62. The lowest BCUT2D eigenvalue weighted by Crippen LogP contribution is -2.57. The fourth-order valence-electron chi connectivity index (χ4n) is 3.95. The molecule has 2 aromatic heterocycles. The lowest BCUT2D eigenvalue weighted by Gasteiger charge is -2.44. The second-order valence-electron chi connectivity index (χ2n) is 6.92. The molecule has 3 aromatic rings. The Morgan fingerprint density at radius 1 is 1.27 bits per heavy atom. The number of carbonyl (C=O) groups is 1. The largest absolute Gasteiger partial charge is 0.346 e. The van der Waals surface area contributed by atoms with Gasteiger partial charge in [-0.1, -0.05) is 0 Å². The molecule has 0 radical (unpaired) electrons. The second kappa shape index (κ2) is 6.61. The van der Waals surface area contributed by atoms with Crippen LogP contribution in [0.4, 0.5) is 10.8 Å². The van der Waals surface area contributed by atoms with Crippen LogP contribution in [0, 0.1) is 5.92 Å². The zero-order chi connectivity index (χ0) is 17.5. The van der Waals surface area contributed by atoms with E-state index in [2.05, 4.69) is 24.9 Å². The summed E-state index contributed by atoms with van der Waals surface area (Å²) in [5, 5.41) is 10.2. The highest BCUT2D eigenvalue weighted by atomic mass is 32.1. The van der Waals surface area contributed by atoms with Gasteiger partial charge in [-0.25, -0.2) is 4.98 Å². The van der Waals surface area contributed by atoms with Gasteiger partial charge < -0.3 is 15.5 Å². The molecule has 134 valence electrons. The van der Waals surface area contributed by atoms with Crippen LogP contribution < -0.4 is 10.6 Å². The number of nitrogens with zero attached hydrogens (tertiary/aromatic N) is 3. The van der Waals surface area contributed by atoms with Gasteiger partial charge in [0.2, 0.25) is 0 Å². The predicted molar refractivity (Wildman–Crippen MR) is 105 cm³/mol. The number of carbonyl (C=O) groups excluding carboxylic acids is 1. The number of nitrogens with one attached hydrogen (secondary N) is 2. The van der Waals surface area contributed by atoms with Crippen molar-refractivity contribution in [3.8, 4) is 0 Å². The van der Waals surface area contributed by atoms with Gasteiger partial charge in [-0.05, 0) is 61.6 Å². The van der Waals surface area contributed by atoms with Gasteiger partial charge in [0.05, 0.1) is 4.70 Å². The zero-order valence-electron chi connectivity index (χ0n) is 14.1. The summed E-state index contributed by atoms with van der Waals surface area (Å²) < 4.78 is 5.44. The van der Waals surface area contributed by atoms with E-state index < -0.39 is 0 Å². The minimum atomic E-state index is -0.0457. The van der Waals surface area contributed by atoms with Crippen LogP contribution in [-0.2, 0) is 0 Å². The third-order valence-electron chi connectivity index (χ3n) is 5.34. The lowest BCUT2D eigenvalue weighted by molar-refractivity contribution is 0.0619. The minimum absolute atomic E-state index is 0.0457. The molecule has 0 spiro atoms. The SMILES string of the molecule is O=C(N[C@@H]1CN2CCC1CC2)c1nsc2cc(Nc3nccs3)ccc12. The molecule has 8 heteroatoms. The topological polar surface area (TPSA) is 70.2 Å². The van der Waals surface area contributed by atoms with Gasteiger partial charge in [-0.15, -0.1) is 11.3 Å². The molecule has 1 atom stereocenters. The molecule has 3 aliphatic rings. The van der Waals surface area contributed by atoms with Crippen LogP contribution in [0.1, 0.15) is 23.3 Å². The normalized spacial score (nSPS) is 24.7. The zero-order valence-corrected chi connectivity index (χ0v) is 15.8. The summed E-state index contributed by atoms with van der Waals surface area (Å²) in [6, 6.07) is 6.23.